The predicted molar refractivity (Wildman–Crippen MR) is 85.0 cm³/mol. The minimum atomic E-state index is 0.00968. The Labute approximate surface area is 128 Å². The molecule has 0 saturated carbocycles. The zero-order valence-electron chi connectivity index (χ0n) is 12.4. The number of rotatable bonds is 6. The molecular formula is C15H18N4OS. The predicted octanol–water partition coefficient (Wildman–Crippen LogP) is 2.76. The summed E-state index contributed by atoms with van der Waals surface area (Å²) in [5.74, 6) is 1.61. The van der Waals surface area contributed by atoms with Crippen molar-refractivity contribution in [3.05, 3.63) is 41.5 Å². The molecule has 0 spiro atoms. The minimum Gasteiger partial charge on any atom is -0.373 e. The van der Waals surface area contributed by atoms with Gasteiger partial charge < -0.3 is 5.32 Å². The summed E-state index contributed by atoms with van der Waals surface area (Å²) in [5, 5.41) is 3.76. The maximum atomic E-state index is 12.5. The average Bonchev–Trinajstić information content (AvgIpc) is 2.48. The van der Waals surface area contributed by atoms with Gasteiger partial charge in [0.15, 0.2) is 5.78 Å². The summed E-state index contributed by atoms with van der Waals surface area (Å²) < 4.78 is 0. The van der Waals surface area contributed by atoms with Crippen molar-refractivity contribution < 1.29 is 4.79 Å². The molecule has 2 aromatic heterocycles. The van der Waals surface area contributed by atoms with E-state index in [1.54, 1.807) is 31.2 Å². The lowest BCUT2D eigenvalue weighted by Gasteiger charge is -2.10. The molecule has 0 saturated heterocycles. The van der Waals surface area contributed by atoms with Crippen LogP contribution in [0.5, 0.6) is 0 Å². The van der Waals surface area contributed by atoms with E-state index >= 15 is 0 Å². The van der Waals surface area contributed by atoms with Crippen LogP contribution in [0, 0.1) is 6.92 Å². The summed E-state index contributed by atoms with van der Waals surface area (Å²) in [6.07, 6.45) is 5.14. The number of nitrogens with one attached hydrogen (secondary N) is 1. The van der Waals surface area contributed by atoms with Gasteiger partial charge in [0.2, 0.25) is 0 Å². The Balaban J connectivity index is 2.28. The molecule has 21 heavy (non-hydrogen) atoms. The van der Waals surface area contributed by atoms with Crippen LogP contribution in [0.4, 0.5) is 5.82 Å². The third-order valence-electron chi connectivity index (χ3n) is 2.95. The zero-order chi connectivity index (χ0) is 15.2. The van der Waals surface area contributed by atoms with Gasteiger partial charge >= 0.3 is 0 Å². The second kappa shape index (κ2) is 7.17. The lowest BCUT2D eigenvalue weighted by molar-refractivity contribution is 0.0989. The van der Waals surface area contributed by atoms with Gasteiger partial charge in [0, 0.05) is 31.4 Å². The number of hydrogen-bond acceptors (Lipinski definition) is 6. The molecule has 6 heteroatoms. The number of ketones is 1. The number of anilines is 1. The monoisotopic (exact) mass is 302 g/mol. The number of pyridine rings is 1. The van der Waals surface area contributed by atoms with Crippen LogP contribution in [0.3, 0.4) is 0 Å². The van der Waals surface area contributed by atoms with Crippen LogP contribution in [0.15, 0.2) is 29.8 Å². The van der Waals surface area contributed by atoms with Crippen LogP contribution in [0.2, 0.25) is 0 Å². The third-order valence-corrected chi connectivity index (χ3v) is 3.84. The highest BCUT2D eigenvalue weighted by molar-refractivity contribution is 7.99. The molecule has 0 amide bonds. The van der Waals surface area contributed by atoms with Crippen LogP contribution in [0.1, 0.15) is 28.4 Å². The van der Waals surface area contributed by atoms with E-state index in [0.717, 1.165) is 27.7 Å². The standard InChI is InChI=1S/C15H18N4OS/c1-4-21-15-12(8-17-9-19-15)13(20)6-11-5-10(2)7-18-14(11)16-3/h5,7-9H,4,6H2,1-3H3,(H,16,18). The fourth-order valence-electron chi connectivity index (χ4n) is 2.02. The lowest BCUT2D eigenvalue weighted by Crippen LogP contribution is -2.10. The first-order valence-electron chi connectivity index (χ1n) is 6.75. The fourth-order valence-corrected chi connectivity index (χ4v) is 2.74. The summed E-state index contributed by atoms with van der Waals surface area (Å²) in [5.41, 5.74) is 2.50. The summed E-state index contributed by atoms with van der Waals surface area (Å²) in [7, 11) is 1.80. The molecule has 1 N–H and O–H groups in total. The van der Waals surface area contributed by atoms with Crippen molar-refractivity contribution in [1.82, 2.24) is 15.0 Å². The highest BCUT2D eigenvalue weighted by atomic mass is 32.2. The second-order valence-electron chi connectivity index (χ2n) is 4.54. The van der Waals surface area contributed by atoms with Gasteiger partial charge in [-0.05, 0) is 18.2 Å². The van der Waals surface area contributed by atoms with Crippen molar-refractivity contribution in [3.63, 3.8) is 0 Å². The van der Waals surface area contributed by atoms with Gasteiger partial charge in [-0.1, -0.05) is 13.0 Å². The average molecular weight is 302 g/mol. The quantitative estimate of drug-likeness (QED) is 0.503. The summed E-state index contributed by atoms with van der Waals surface area (Å²) in [6.45, 7) is 4.00. The molecule has 2 aromatic rings. The van der Waals surface area contributed by atoms with Crippen LogP contribution >= 0.6 is 11.8 Å². The third kappa shape index (κ3) is 3.78. The zero-order valence-corrected chi connectivity index (χ0v) is 13.2. The number of thioether (sulfide) groups is 1. The number of Topliss-reactive ketones (excluding diaryl/α,β-unsaturated/α-hetero) is 1. The molecule has 0 fully saturated rings. The number of hydrogen-bond donors (Lipinski definition) is 1. The van der Waals surface area contributed by atoms with Gasteiger partial charge in [0.1, 0.15) is 17.2 Å². The van der Waals surface area contributed by atoms with Gasteiger partial charge in [-0.25, -0.2) is 15.0 Å². The van der Waals surface area contributed by atoms with Crippen molar-refractivity contribution in [1.29, 1.82) is 0 Å². The normalized spacial score (nSPS) is 10.4. The topological polar surface area (TPSA) is 67.8 Å². The molecule has 0 aliphatic carbocycles. The van der Waals surface area contributed by atoms with Crippen molar-refractivity contribution >= 4 is 23.4 Å². The number of carbonyl (C=O) groups is 1. The molecule has 2 rings (SSSR count). The largest absolute Gasteiger partial charge is 0.373 e. The van der Waals surface area contributed by atoms with Gasteiger partial charge in [0.05, 0.1) is 5.56 Å². The maximum absolute atomic E-state index is 12.5. The van der Waals surface area contributed by atoms with Crippen LogP contribution in [0.25, 0.3) is 0 Å². The molecule has 0 bridgehead atoms. The molecule has 0 radical (unpaired) electrons. The summed E-state index contributed by atoms with van der Waals surface area (Å²) in [4.78, 5) is 25.0. The van der Waals surface area contributed by atoms with E-state index in [-0.39, 0.29) is 12.2 Å². The fraction of sp³-hybridized carbons (Fsp3) is 0.333. The van der Waals surface area contributed by atoms with E-state index in [9.17, 15) is 4.79 Å². The molecule has 0 atom stereocenters. The van der Waals surface area contributed by atoms with Crippen LogP contribution < -0.4 is 5.32 Å². The van der Waals surface area contributed by atoms with E-state index in [1.165, 1.54) is 6.33 Å². The second-order valence-corrected chi connectivity index (χ2v) is 5.80. The molecule has 0 aromatic carbocycles. The van der Waals surface area contributed by atoms with E-state index in [2.05, 4.69) is 20.3 Å². The highest BCUT2D eigenvalue weighted by Crippen LogP contribution is 2.22. The Morgan fingerprint density at radius 1 is 1.33 bits per heavy atom. The van der Waals surface area contributed by atoms with Gasteiger partial charge in [-0.15, -0.1) is 11.8 Å². The summed E-state index contributed by atoms with van der Waals surface area (Å²) in [6, 6.07) is 1.98. The number of carbonyl (C=O) groups excluding carboxylic acids is 1. The number of aryl methyl sites for hydroxylation is 1. The Morgan fingerprint density at radius 2 is 2.14 bits per heavy atom. The Kier molecular flexibility index (Phi) is 5.27. The Hall–Kier alpha value is -1.95. The SMILES string of the molecule is CCSc1ncncc1C(=O)Cc1cc(C)cnc1NC. The van der Waals surface area contributed by atoms with E-state index in [1.807, 2.05) is 19.9 Å². The van der Waals surface area contributed by atoms with E-state index in [4.69, 9.17) is 0 Å². The van der Waals surface area contributed by atoms with Gasteiger partial charge in [-0.3, -0.25) is 4.79 Å². The van der Waals surface area contributed by atoms with Crippen molar-refractivity contribution in [2.75, 3.05) is 18.1 Å². The first-order chi connectivity index (χ1) is 10.2. The summed E-state index contributed by atoms with van der Waals surface area (Å²) >= 11 is 1.55. The van der Waals surface area contributed by atoms with Crippen molar-refractivity contribution in [2.24, 2.45) is 0 Å². The molecule has 2 heterocycles. The molecule has 0 aliphatic rings. The smallest absolute Gasteiger partial charge is 0.171 e. The number of nitrogens with zero attached hydrogens (tertiary/aromatic N) is 3. The molecule has 5 nitrogen and oxygen atoms in total. The van der Waals surface area contributed by atoms with Gasteiger partial charge in [0.25, 0.3) is 0 Å². The van der Waals surface area contributed by atoms with Crippen molar-refractivity contribution in [3.8, 4) is 0 Å². The lowest BCUT2D eigenvalue weighted by atomic mass is 10.0. The minimum absolute atomic E-state index is 0.00968. The van der Waals surface area contributed by atoms with Crippen LogP contribution in [-0.4, -0.2) is 33.5 Å². The first-order valence-corrected chi connectivity index (χ1v) is 7.73. The van der Waals surface area contributed by atoms with E-state index in [0.29, 0.717) is 5.56 Å². The Bertz CT molecular complexity index is 645. The Morgan fingerprint density at radius 3 is 2.86 bits per heavy atom. The van der Waals surface area contributed by atoms with Gasteiger partial charge in [-0.2, -0.15) is 0 Å². The molecule has 0 aliphatic heterocycles. The van der Waals surface area contributed by atoms with Crippen LogP contribution in [-0.2, 0) is 6.42 Å². The molecule has 0 unspecified atom stereocenters. The highest BCUT2D eigenvalue weighted by Gasteiger charge is 2.16. The number of aromatic nitrogens is 3. The van der Waals surface area contributed by atoms with E-state index < -0.39 is 0 Å². The van der Waals surface area contributed by atoms with Crippen molar-refractivity contribution in [2.45, 2.75) is 25.3 Å². The first kappa shape index (κ1) is 15.4. The maximum Gasteiger partial charge on any atom is 0.171 e. The molecular weight excluding hydrogens is 284 g/mol. The molecule has 110 valence electrons.